The zero-order valence-corrected chi connectivity index (χ0v) is 24.5. The molecule has 4 aromatic rings. The summed E-state index contributed by atoms with van der Waals surface area (Å²) >= 11 is 0. The number of anilines is 2. The molecule has 1 aromatic carbocycles. The van der Waals surface area contributed by atoms with Crippen molar-refractivity contribution in [3.63, 3.8) is 0 Å². The van der Waals surface area contributed by atoms with Gasteiger partial charge in [0.15, 0.2) is 17.0 Å². The summed E-state index contributed by atoms with van der Waals surface area (Å²) in [4.78, 5) is 24.9. The SMILES string of the molecule is COCCNc1nc2ccccc2n1-c1nc(N2CCOCC2)c2nc(CN3CCC(C(C)(C)O)CC3)n(C)c2n1. The van der Waals surface area contributed by atoms with Crippen molar-refractivity contribution in [1.82, 2.24) is 34.0 Å². The fourth-order valence-corrected chi connectivity index (χ4v) is 5.93. The molecule has 220 valence electrons. The maximum absolute atomic E-state index is 10.5. The van der Waals surface area contributed by atoms with Crippen molar-refractivity contribution >= 4 is 34.0 Å². The zero-order chi connectivity index (χ0) is 28.6. The lowest BCUT2D eigenvalue weighted by atomic mass is 9.83. The first-order valence-electron chi connectivity index (χ1n) is 14.5. The molecule has 2 fully saturated rings. The maximum atomic E-state index is 10.5. The molecule has 0 aliphatic carbocycles. The fraction of sp³-hybridized carbons (Fsp3) is 0.586. The summed E-state index contributed by atoms with van der Waals surface area (Å²) in [6.45, 7) is 10.4. The Hall–Kier alpha value is -3.32. The summed E-state index contributed by atoms with van der Waals surface area (Å²) in [7, 11) is 3.73. The largest absolute Gasteiger partial charge is 0.390 e. The number of aliphatic hydroxyl groups is 1. The van der Waals surface area contributed by atoms with Crippen LogP contribution in [0.4, 0.5) is 11.8 Å². The van der Waals surface area contributed by atoms with Gasteiger partial charge in [-0.1, -0.05) is 12.1 Å². The number of fused-ring (bicyclic) bond motifs is 2. The van der Waals surface area contributed by atoms with Crippen LogP contribution in [0.5, 0.6) is 0 Å². The van der Waals surface area contributed by atoms with Crippen molar-refractivity contribution < 1.29 is 14.6 Å². The molecular formula is C29H41N9O3. The summed E-state index contributed by atoms with van der Waals surface area (Å²) in [6.07, 6.45) is 1.95. The Morgan fingerprint density at radius 1 is 1.05 bits per heavy atom. The first-order valence-corrected chi connectivity index (χ1v) is 14.5. The monoisotopic (exact) mass is 563 g/mol. The van der Waals surface area contributed by atoms with Crippen LogP contribution >= 0.6 is 0 Å². The second kappa shape index (κ2) is 11.5. The third-order valence-corrected chi connectivity index (χ3v) is 8.39. The van der Waals surface area contributed by atoms with Gasteiger partial charge in [-0.2, -0.15) is 9.97 Å². The number of para-hydroxylation sites is 2. The summed E-state index contributed by atoms with van der Waals surface area (Å²) in [5.74, 6) is 3.31. The number of hydrogen-bond donors (Lipinski definition) is 2. The van der Waals surface area contributed by atoms with Gasteiger partial charge in [-0.3, -0.25) is 4.90 Å². The van der Waals surface area contributed by atoms with Gasteiger partial charge in [0.2, 0.25) is 11.9 Å². The van der Waals surface area contributed by atoms with Crippen LogP contribution in [-0.4, -0.2) is 104 Å². The smallest absolute Gasteiger partial charge is 0.241 e. The van der Waals surface area contributed by atoms with Crippen molar-refractivity contribution in [2.45, 2.75) is 38.8 Å². The first kappa shape index (κ1) is 27.8. The Labute approximate surface area is 240 Å². The molecule has 3 aromatic heterocycles. The zero-order valence-electron chi connectivity index (χ0n) is 24.5. The Bertz CT molecular complexity index is 1490. The molecule has 41 heavy (non-hydrogen) atoms. The number of nitrogens with zero attached hydrogens (tertiary/aromatic N) is 8. The number of imidazole rings is 2. The van der Waals surface area contributed by atoms with E-state index < -0.39 is 5.60 Å². The Kier molecular flexibility index (Phi) is 7.82. The highest BCUT2D eigenvalue weighted by Crippen LogP contribution is 2.31. The lowest BCUT2D eigenvalue weighted by molar-refractivity contribution is -0.0139. The molecule has 0 bridgehead atoms. The van der Waals surface area contributed by atoms with Gasteiger partial charge in [-0.05, 0) is 57.8 Å². The van der Waals surface area contributed by atoms with Crippen LogP contribution in [0.2, 0.25) is 0 Å². The number of hydrogen-bond acceptors (Lipinski definition) is 10. The predicted octanol–water partition coefficient (Wildman–Crippen LogP) is 2.58. The van der Waals surface area contributed by atoms with Gasteiger partial charge in [-0.25, -0.2) is 14.5 Å². The van der Waals surface area contributed by atoms with E-state index in [1.807, 2.05) is 49.7 Å². The van der Waals surface area contributed by atoms with E-state index in [0.717, 1.165) is 79.4 Å². The number of ether oxygens (including phenoxy) is 2. The molecule has 0 saturated carbocycles. The third-order valence-electron chi connectivity index (χ3n) is 8.39. The minimum Gasteiger partial charge on any atom is -0.390 e. The number of aromatic nitrogens is 6. The minimum atomic E-state index is -0.641. The fourth-order valence-electron chi connectivity index (χ4n) is 5.93. The molecule has 12 nitrogen and oxygen atoms in total. The lowest BCUT2D eigenvalue weighted by Gasteiger charge is -2.37. The average molecular weight is 564 g/mol. The van der Waals surface area contributed by atoms with Crippen LogP contribution in [0.1, 0.15) is 32.5 Å². The third kappa shape index (κ3) is 5.61. The van der Waals surface area contributed by atoms with Crippen LogP contribution in [0.25, 0.3) is 28.1 Å². The van der Waals surface area contributed by atoms with Crippen molar-refractivity contribution in [3.05, 3.63) is 30.1 Å². The van der Waals surface area contributed by atoms with Crippen molar-refractivity contribution in [2.24, 2.45) is 13.0 Å². The number of methoxy groups -OCH3 is 1. The highest BCUT2D eigenvalue weighted by atomic mass is 16.5. The standard InChI is InChI=1S/C29H41N9O3/c1-29(2,39)20-9-12-36(13-10-20)19-23-32-24-25(35(23)3)33-28(34-26(24)37-14-17-41-18-15-37)38-22-8-6-5-7-21(22)31-27(38)30-11-16-40-4/h5-8,20,39H,9-19H2,1-4H3,(H,30,31). The highest BCUT2D eigenvalue weighted by Gasteiger charge is 2.31. The Morgan fingerprint density at radius 3 is 2.54 bits per heavy atom. The normalized spacial score (nSPS) is 17.6. The van der Waals surface area contributed by atoms with Gasteiger partial charge in [-0.15, -0.1) is 0 Å². The molecule has 6 rings (SSSR count). The molecule has 0 atom stereocenters. The summed E-state index contributed by atoms with van der Waals surface area (Å²) < 4.78 is 15.0. The number of aryl methyl sites for hydroxylation is 1. The molecule has 2 aliphatic heterocycles. The van der Waals surface area contributed by atoms with E-state index >= 15 is 0 Å². The van der Waals surface area contributed by atoms with E-state index in [9.17, 15) is 5.11 Å². The van der Waals surface area contributed by atoms with Crippen LogP contribution in [0, 0.1) is 5.92 Å². The van der Waals surface area contributed by atoms with Gasteiger partial charge in [0.05, 0.1) is 43.0 Å². The molecule has 5 heterocycles. The van der Waals surface area contributed by atoms with Crippen LogP contribution in [0.3, 0.4) is 0 Å². The maximum Gasteiger partial charge on any atom is 0.241 e. The van der Waals surface area contributed by atoms with E-state index in [0.29, 0.717) is 44.2 Å². The van der Waals surface area contributed by atoms with E-state index in [4.69, 9.17) is 29.4 Å². The van der Waals surface area contributed by atoms with Crippen LogP contribution in [0.15, 0.2) is 24.3 Å². The summed E-state index contributed by atoms with van der Waals surface area (Å²) in [6, 6.07) is 8.03. The Balaban J connectivity index is 1.41. The van der Waals surface area contributed by atoms with Gasteiger partial charge in [0.25, 0.3) is 0 Å². The first-order chi connectivity index (χ1) is 19.8. The van der Waals surface area contributed by atoms with E-state index in [-0.39, 0.29) is 0 Å². The topological polar surface area (TPSA) is 119 Å². The number of piperidine rings is 1. The lowest BCUT2D eigenvalue weighted by Crippen LogP contribution is -2.41. The molecule has 2 saturated heterocycles. The summed E-state index contributed by atoms with van der Waals surface area (Å²) in [5, 5.41) is 13.9. The molecule has 2 aliphatic rings. The van der Waals surface area contributed by atoms with E-state index in [1.54, 1.807) is 7.11 Å². The van der Waals surface area contributed by atoms with Crippen molar-refractivity contribution in [2.75, 3.05) is 69.9 Å². The highest BCUT2D eigenvalue weighted by molar-refractivity contribution is 5.86. The van der Waals surface area contributed by atoms with E-state index in [2.05, 4.69) is 19.7 Å². The molecule has 12 heteroatoms. The van der Waals surface area contributed by atoms with Crippen LogP contribution in [-0.2, 0) is 23.1 Å². The molecule has 0 amide bonds. The van der Waals surface area contributed by atoms with Gasteiger partial charge in [0, 0.05) is 33.8 Å². The molecule has 2 N–H and O–H groups in total. The molecule has 0 radical (unpaired) electrons. The molecule has 0 spiro atoms. The second-order valence-electron chi connectivity index (χ2n) is 11.6. The van der Waals surface area contributed by atoms with E-state index in [1.165, 1.54) is 0 Å². The quantitative estimate of drug-likeness (QED) is 0.294. The van der Waals surface area contributed by atoms with Gasteiger partial charge < -0.3 is 29.4 Å². The second-order valence-corrected chi connectivity index (χ2v) is 11.6. The predicted molar refractivity (Wildman–Crippen MR) is 159 cm³/mol. The number of morpholine rings is 1. The molecule has 0 unspecified atom stereocenters. The number of likely N-dealkylation sites (tertiary alicyclic amines) is 1. The van der Waals surface area contributed by atoms with Crippen molar-refractivity contribution in [1.29, 1.82) is 0 Å². The number of nitrogens with one attached hydrogen (secondary N) is 1. The number of benzene rings is 1. The van der Waals surface area contributed by atoms with Gasteiger partial charge in [0.1, 0.15) is 5.82 Å². The van der Waals surface area contributed by atoms with Crippen LogP contribution < -0.4 is 10.2 Å². The summed E-state index contributed by atoms with van der Waals surface area (Å²) in [5.41, 5.74) is 2.75. The molecular weight excluding hydrogens is 522 g/mol. The van der Waals surface area contributed by atoms with Crippen molar-refractivity contribution in [3.8, 4) is 5.95 Å². The number of rotatable bonds is 9. The Morgan fingerprint density at radius 2 is 1.80 bits per heavy atom. The minimum absolute atomic E-state index is 0.317. The average Bonchev–Trinajstić information content (AvgIpc) is 3.50. The van der Waals surface area contributed by atoms with Gasteiger partial charge >= 0.3 is 0 Å².